The molecule has 47 heavy (non-hydrogen) atoms. The molecule has 7 rings (SSSR count). The van der Waals surface area contributed by atoms with Gasteiger partial charge >= 0.3 is 5.97 Å². The van der Waals surface area contributed by atoms with E-state index in [0.29, 0.717) is 32.9 Å². The Hall–Kier alpha value is -4.99. The molecule has 0 radical (unpaired) electrons. The first kappa shape index (κ1) is 30.7. The zero-order valence-electron chi connectivity index (χ0n) is 25.7. The average molecular weight is 705 g/mol. The van der Waals surface area contributed by atoms with Crippen molar-refractivity contribution in [3.05, 3.63) is 161 Å². The fraction of sp³-hybridized carbons (Fsp3) is 0.132. The minimum Gasteiger partial charge on any atom is -0.497 e. The lowest BCUT2D eigenvalue weighted by Crippen LogP contribution is -2.40. The molecule has 0 unspecified atom stereocenters. The molecular formula is C38H30BrN3O4S. The number of esters is 1. The molecule has 234 valence electrons. The Balaban J connectivity index is 1.44. The van der Waals surface area contributed by atoms with Crippen molar-refractivity contribution >= 4 is 55.9 Å². The second-order valence-corrected chi connectivity index (χ2v) is 13.0. The minimum atomic E-state index is -0.757. The number of aromatic nitrogens is 2. The summed E-state index contributed by atoms with van der Waals surface area (Å²) in [4.78, 5) is 33.6. The molecule has 4 aromatic carbocycles. The summed E-state index contributed by atoms with van der Waals surface area (Å²) in [6.45, 7) is 2.64. The van der Waals surface area contributed by atoms with Gasteiger partial charge in [-0.1, -0.05) is 100 Å². The minimum absolute atomic E-state index is 0.189. The number of thiazole rings is 1. The second kappa shape index (κ2) is 13.0. The average Bonchev–Trinajstić information content (AvgIpc) is 3.61. The van der Waals surface area contributed by atoms with Gasteiger partial charge < -0.3 is 14.0 Å². The van der Waals surface area contributed by atoms with Crippen LogP contribution in [-0.2, 0) is 16.1 Å². The number of fused-ring (bicyclic) bond motifs is 2. The van der Waals surface area contributed by atoms with Crippen LogP contribution in [0.3, 0.4) is 0 Å². The second-order valence-electron chi connectivity index (χ2n) is 11.1. The molecule has 0 aliphatic carbocycles. The fourth-order valence-electron chi connectivity index (χ4n) is 5.99. The highest BCUT2D eigenvalue weighted by atomic mass is 79.9. The molecular weight excluding hydrogens is 674 g/mol. The number of carbonyl (C=O) groups is 1. The van der Waals surface area contributed by atoms with E-state index in [-0.39, 0.29) is 12.2 Å². The Kier molecular flexibility index (Phi) is 8.49. The third-order valence-electron chi connectivity index (χ3n) is 8.18. The summed E-state index contributed by atoms with van der Waals surface area (Å²) in [7, 11) is 1.60. The number of halogens is 1. The Morgan fingerprint density at radius 1 is 0.957 bits per heavy atom. The first-order valence-electron chi connectivity index (χ1n) is 15.2. The van der Waals surface area contributed by atoms with Gasteiger partial charge in [0.05, 0.1) is 35.6 Å². The molecule has 0 saturated carbocycles. The van der Waals surface area contributed by atoms with Gasteiger partial charge in [0.25, 0.3) is 5.56 Å². The number of hydrogen-bond donors (Lipinski definition) is 0. The van der Waals surface area contributed by atoms with Gasteiger partial charge in [0.1, 0.15) is 5.75 Å². The first-order valence-corrected chi connectivity index (χ1v) is 16.8. The fourth-order valence-corrected chi connectivity index (χ4v) is 7.25. The highest BCUT2D eigenvalue weighted by molar-refractivity contribution is 9.10. The molecule has 0 saturated heterocycles. The van der Waals surface area contributed by atoms with Gasteiger partial charge in [-0.05, 0) is 54.5 Å². The van der Waals surface area contributed by atoms with Crippen molar-refractivity contribution in [1.82, 2.24) is 9.13 Å². The predicted octanol–water partition coefficient (Wildman–Crippen LogP) is 6.71. The zero-order chi connectivity index (χ0) is 32.5. The molecule has 0 spiro atoms. The van der Waals surface area contributed by atoms with Crippen LogP contribution in [0.15, 0.2) is 129 Å². The van der Waals surface area contributed by atoms with Crippen LogP contribution in [0, 0.1) is 0 Å². The number of nitrogens with zero attached hydrogens (tertiary/aromatic N) is 3. The molecule has 6 aromatic rings. The van der Waals surface area contributed by atoms with Crippen LogP contribution < -0.4 is 19.6 Å². The molecule has 0 bridgehead atoms. The van der Waals surface area contributed by atoms with Crippen LogP contribution in [0.2, 0.25) is 0 Å². The molecule has 0 fully saturated rings. The van der Waals surface area contributed by atoms with Gasteiger partial charge in [-0.3, -0.25) is 9.36 Å². The van der Waals surface area contributed by atoms with Crippen LogP contribution in [0.4, 0.5) is 0 Å². The predicted molar refractivity (Wildman–Crippen MR) is 189 cm³/mol. The van der Waals surface area contributed by atoms with Crippen LogP contribution in [0.25, 0.3) is 22.7 Å². The third kappa shape index (κ3) is 5.88. The van der Waals surface area contributed by atoms with Crippen molar-refractivity contribution in [1.29, 1.82) is 0 Å². The van der Waals surface area contributed by atoms with E-state index >= 15 is 0 Å². The maximum atomic E-state index is 14.4. The standard InChI is InChI=1S/C38H30BrN3O4S/c1-3-46-37(44)33-34(25-9-5-4-6-10-25)40-38-42(35(33)26-15-19-29(45-2)20-16-26)36(43)32(47-38)21-27-23-41(31-12-8-7-11-30(27)31)22-24-13-17-28(39)18-14-24/h4-21,23,35H,3,22H2,1-2H3/b32-21-/t35-/m1/s1. The van der Waals surface area contributed by atoms with E-state index in [2.05, 4.69) is 51.0 Å². The summed E-state index contributed by atoms with van der Waals surface area (Å²) >= 11 is 4.83. The van der Waals surface area contributed by atoms with Gasteiger partial charge in [0, 0.05) is 39.2 Å². The van der Waals surface area contributed by atoms with E-state index in [1.807, 2.05) is 84.9 Å². The lowest BCUT2D eigenvalue weighted by molar-refractivity contribution is -0.138. The van der Waals surface area contributed by atoms with Crippen molar-refractivity contribution in [2.75, 3.05) is 13.7 Å². The Morgan fingerprint density at radius 2 is 1.68 bits per heavy atom. The first-order chi connectivity index (χ1) is 22.9. The maximum Gasteiger partial charge on any atom is 0.338 e. The molecule has 9 heteroatoms. The van der Waals surface area contributed by atoms with E-state index in [1.54, 1.807) is 18.6 Å². The van der Waals surface area contributed by atoms with Crippen LogP contribution >= 0.6 is 27.3 Å². The smallest absolute Gasteiger partial charge is 0.338 e. The molecule has 1 atom stereocenters. The molecule has 1 aliphatic rings. The highest BCUT2D eigenvalue weighted by Gasteiger charge is 2.35. The molecule has 0 N–H and O–H groups in total. The monoisotopic (exact) mass is 703 g/mol. The van der Waals surface area contributed by atoms with Crippen LogP contribution in [-0.4, -0.2) is 28.8 Å². The van der Waals surface area contributed by atoms with Gasteiger partial charge in [-0.25, -0.2) is 9.79 Å². The number of hydrogen-bond acceptors (Lipinski definition) is 6. The molecule has 0 amide bonds. The van der Waals surface area contributed by atoms with E-state index in [1.165, 1.54) is 16.9 Å². The van der Waals surface area contributed by atoms with Crippen LogP contribution in [0.1, 0.15) is 35.2 Å². The number of ether oxygens (including phenoxy) is 2. The Morgan fingerprint density at radius 3 is 2.40 bits per heavy atom. The maximum absolute atomic E-state index is 14.4. The Labute approximate surface area is 283 Å². The summed E-state index contributed by atoms with van der Waals surface area (Å²) in [6, 6.07) is 32.7. The van der Waals surface area contributed by atoms with Crippen LogP contribution in [0.5, 0.6) is 5.75 Å². The number of benzene rings is 4. The van der Waals surface area contributed by atoms with Crippen molar-refractivity contribution in [2.45, 2.75) is 19.5 Å². The topological polar surface area (TPSA) is 74.8 Å². The molecule has 1 aliphatic heterocycles. The quantitative estimate of drug-likeness (QED) is 0.165. The van der Waals surface area contributed by atoms with E-state index < -0.39 is 12.0 Å². The van der Waals surface area contributed by atoms with E-state index in [0.717, 1.165) is 32.1 Å². The van der Waals surface area contributed by atoms with Gasteiger partial charge in [-0.2, -0.15) is 0 Å². The summed E-state index contributed by atoms with van der Waals surface area (Å²) < 4.78 is 16.4. The number of methoxy groups -OCH3 is 1. The highest BCUT2D eigenvalue weighted by Crippen LogP contribution is 2.36. The van der Waals surface area contributed by atoms with E-state index in [4.69, 9.17) is 14.5 Å². The van der Waals surface area contributed by atoms with Crippen molar-refractivity contribution < 1.29 is 14.3 Å². The summed E-state index contributed by atoms with van der Waals surface area (Å²) in [6.07, 6.45) is 4.02. The Bertz CT molecular complexity index is 2320. The molecule has 7 nitrogen and oxygen atoms in total. The molecule has 2 aromatic heterocycles. The molecule has 3 heterocycles. The number of rotatable bonds is 8. The van der Waals surface area contributed by atoms with E-state index in [9.17, 15) is 9.59 Å². The summed E-state index contributed by atoms with van der Waals surface area (Å²) in [5.74, 6) is 0.159. The summed E-state index contributed by atoms with van der Waals surface area (Å²) in [5, 5.41) is 1.04. The van der Waals surface area contributed by atoms with Crippen molar-refractivity contribution in [2.24, 2.45) is 4.99 Å². The number of carbonyl (C=O) groups excluding carboxylic acids is 1. The van der Waals surface area contributed by atoms with Crippen molar-refractivity contribution in [3.8, 4) is 5.75 Å². The third-order valence-corrected chi connectivity index (χ3v) is 9.69. The van der Waals surface area contributed by atoms with Gasteiger partial charge in [-0.15, -0.1) is 0 Å². The zero-order valence-corrected chi connectivity index (χ0v) is 28.1. The number of para-hydroxylation sites is 1. The van der Waals surface area contributed by atoms with Crippen molar-refractivity contribution in [3.63, 3.8) is 0 Å². The SMILES string of the molecule is CCOC(=O)C1=C(c2ccccc2)N=c2s/c(=C\c3cn(Cc4ccc(Br)cc4)c4ccccc34)c(=O)n2[C@@H]1c1ccc(OC)cc1. The van der Waals surface area contributed by atoms with Gasteiger partial charge in [0.2, 0.25) is 0 Å². The normalized spacial score (nSPS) is 14.6. The lowest BCUT2D eigenvalue weighted by Gasteiger charge is -2.26. The largest absolute Gasteiger partial charge is 0.497 e. The lowest BCUT2D eigenvalue weighted by atomic mass is 9.93. The summed E-state index contributed by atoms with van der Waals surface area (Å²) in [5.41, 5.74) is 5.25. The van der Waals surface area contributed by atoms with Gasteiger partial charge in [0.15, 0.2) is 4.80 Å².